The van der Waals surface area contributed by atoms with Crippen molar-refractivity contribution in [2.24, 2.45) is 4.99 Å². The third-order valence-corrected chi connectivity index (χ3v) is 10.7. The SMILES string of the molecule is COc1ccc([C@H]2C3=C(N=c4s/c(=C\c5cc(Br)c(OCc6cccc7ccccc67)c(OC)c5)c(=O)n42)c2ccccc2CC3)cc1. The van der Waals surface area contributed by atoms with Crippen molar-refractivity contribution in [3.8, 4) is 17.2 Å². The molecule has 1 aromatic heterocycles. The molecule has 2 aliphatic rings. The van der Waals surface area contributed by atoms with E-state index >= 15 is 0 Å². The van der Waals surface area contributed by atoms with Crippen LogP contribution < -0.4 is 29.1 Å². The highest BCUT2D eigenvalue weighted by Crippen LogP contribution is 2.42. The Kier molecular flexibility index (Phi) is 7.98. The van der Waals surface area contributed by atoms with Gasteiger partial charge in [0.1, 0.15) is 12.4 Å². The largest absolute Gasteiger partial charge is 0.497 e. The topological polar surface area (TPSA) is 62.0 Å². The summed E-state index contributed by atoms with van der Waals surface area (Å²) in [5.74, 6) is 1.96. The first-order valence-corrected chi connectivity index (χ1v) is 17.4. The summed E-state index contributed by atoms with van der Waals surface area (Å²) in [4.78, 5) is 20.1. The normalized spacial score (nSPS) is 15.4. The van der Waals surface area contributed by atoms with E-state index in [0.717, 1.165) is 62.0 Å². The number of benzene rings is 5. The summed E-state index contributed by atoms with van der Waals surface area (Å²) in [6, 6.07) is 34.6. The molecule has 0 saturated carbocycles. The van der Waals surface area contributed by atoms with Crippen molar-refractivity contribution in [2.45, 2.75) is 25.5 Å². The number of aromatic nitrogens is 1. The zero-order chi connectivity index (χ0) is 32.8. The fourth-order valence-electron chi connectivity index (χ4n) is 6.79. The molecule has 1 aliphatic carbocycles. The van der Waals surface area contributed by atoms with Gasteiger partial charge in [-0.3, -0.25) is 9.36 Å². The smallest absolute Gasteiger partial charge is 0.271 e. The monoisotopic (exact) mass is 714 g/mol. The van der Waals surface area contributed by atoms with Crippen LogP contribution in [-0.2, 0) is 13.0 Å². The van der Waals surface area contributed by atoms with Gasteiger partial charge in [0.25, 0.3) is 5.56 Å². The predicted molar refractivity (Wildman–Crippen MR) is 195 cm³/mol. The van der Waals surface area contributed by atoms with Gasteiger partial charge in [-0.25, -0.2) is 4.99 Å². The van der Waals surface area contributed by atoms with E-state index in [-0.39, 0.29) is 11.6 Å². The number of nitrogens with zero attached hydrogens (tertiary/aromatic N) is 2. The summed E-state index contributed by atoms with van der Waals surface area (Å²) in [6.45, 7) is 0.382. The summed E-state index contributed by atoms with van der Waals surface area (Å²) in [7, 11) is 3.29. The highest BCUT2D eigenvalue weighted by Gasteiger charge is 2.32. The van der Waals surface area contributed by atoms with Crippen molar-refractivity contribution in [2.75, 3.05) is 14.2 Å². The molecule has 8 heteroatoms. The molecule has 238 valence electrons. The number of thiazole rings is 1. The first-order valence-electron chi connectivity index (χ1n) is 15.8. The van der Waals surface area contributed by atoms with E-state index in [4.69, 9.17) is 19.2 Å². The van der Waals surface area contributed by atoms with Crippen LogP contribution in [0.15, 0.2) is 123 Å². The molecule has 0 radical (unpaired) electrons. The summed E-state index contributed by atoms with van der Waals surface area (Å²) in [6.07, 6.45) is 3.65. The van der Waals surface area contributed by atoms with Crippen LogP contribution in [0.2, 0.25) is 0 Å². The average Bonchev–Trinajstić information content (AvgIpc) is 3.43. The Morgan fingerprint density at radius 3 is 2.54 bits per heavy atom. The number of fused-ring (bicyclic) bond motifs is 4. The van der Waals surface area contributed by atoms with Gasteiger partial charge in [0.15, 0.2) is 16.3 Å². The van der Waals surface area contributed by atoms with E-state index in [9.17, 15) is 4.79 Å². The van der Waals surface area contributed by atoms with E-state index in [1.807, 2.05) is 53.1 Å². The highest BCUT2D eigenvalue weighted by atomic mass is 79.9. The molecule has 1 atom stereocenters. The molecule has 48 heavy (non-hydrogen) atoms. The second-order valence-corrected chi connectivity index (χ2v) is 13.7. The van der Waals surface area contributed by atoms with Crippen LogP contribution in [0.25, 0.3) is 22.5 Å². The molecule has 0 N–H and O–H groups in total. The minimum absolute atomic E-state index is 0.0728. The predicted octanol–water partition coefficient (Wildman–Crippen LogP) is 7.83. The lowest BCUT2D eigenvalue weighted by Gasteiger charge is -2.30. The van der Waals surface area contributed by atoms with Crippen LogP contribution in [0.3, 0.4) is 0 Å². The minimum Gasteiger partial charge on any atom is -0.497 e. The fraction of sp³-hybridized carbons (Fsp3) is 0.150. The molecule has 0 unspecified atom stereocenters. The Labute approximate surface area is 290 Å². The fourth-order valence-corrected chi connectivity index (χ4v) is 8.37. The maximum Gasteiger partial charge on any atom is 0.271 e. The quantitative estimate of drug-likeness (QED) is 0.169. The van der Waals surface area contributed by atoms with Gasteiger partial charge in [-0.05, 0) is 97.7 Å². The van der Waals surface area contributed by atoms with Gasteiger partial charge >= 0.3 is 0 Å². The lowest BCUT2D eigenvalue weighted by molar-refractivity contribution is 0.283. The second-order valence-electron chi connectivity index (χ2n) is 11.8. The minimum atomic E-state index is -0.260. The molecule has 5 aromatic carbocycles. The molecule has 8 rings (SSSR count). The van der Waals surface area contributed by atoms with Gasteiger partial charge < -0.3 is 14.2 Å². The molecule has 2 heterocycles. The van der Waals surface area contributed by atoms with Crippen molar-refractivity contribution in [3.05, 3.63) is 161 Å². The Morgan fingerprint density at radius 1 is 0.917 bits per heavy atom. The van der Waals surface area contributed by atoms with Crippen molar-refractivity contribution in [1.82, 2.24) is 4.57 Å². The molecular weight excluding hydrogens is 684 g/mol. The van der Waals surface area contributed by atoms with Crippen LogP contribution >= 0.6 is 27.3 Å². The van der Waals surface area contributed by atoms with Crippen molar-refractivity contribution < 1.29 is 14.2 Å². The van der Waals surface area contributed by atoms with Crippen LogP contribution in [0.1, 0.15) is 40.3 Å². The number of halogens is 1. The lowest BCUT2D eigenvalue weighted by Crippen LogP contribution is -2.38. The Bertz CT molecular complexity index is 2420. The van der Waals surface area contributed by atoms with E-state index in [2.05, 4.69) is 76.6 Å². The Hall–Kier alpha value is -4.92. The number of methoxy groups -OCH3 is 2. The molecule has 1 aliphatic heterocycles. The maximum atomic E-state index is 14.3. The van der Waals surface area contributed by atoms with Crippen LogP contribution in [-0.4, -0.2) is 18.8 Å². The number of aryl methyl sites for hydroxylation is 1. The van der Waals surface area contributed by atoms with E-state index in [1.54, 1.807) is 14.2 Å². The van der Waals surface area contributed by atoms with Crippen LogP contribution in [0.4, 0.5) is 0 Å². The van der Waals surface area contributed by atoms with Gasteiger partial charge in [0.05, 0.1) is 35.0 Å². The Balaban J connectivity index is 1.20. The van der Waals surface area contributed by atoms with Gasteiger partial charge in [-0.1, -0.05) is 90.2 Å². The number of allylic oxidation sites excluding steroid dienone is 1. The molecule has 0 spiro atoms. The molecule has 0 saturated heterocycles. The molecule has 0 bridgehead atoms. The zero-order valence-electron chi connectivity index (χ0n) is 26.4. The van der Waals surface area contributed by atoms with Crippen LogP contribution in [0, 0.1) is 0 Å². The lowest BCUT2D eigenvalue weighted by atomic mass is 9.83. The van der Waals surface area contributed by atoms with Crippen LogP contribution in [0.5, 0.6) is 17.2 Å². The van der Waals surface area contributed by atoms with E-state index < -0.39 is 0 Å². The summed E-state index contributed by atoms with van der Waals surface area (Å²) in [5, 5.41) is 2.32. The number of hydrogen-bond acceptors (Lipinski definition) is 6. The van der Waals surface area contributed by atoms with E-state index in [0.29, 0.717) is 27.4 Å². The number of ether oxygens (including phenoxy) is 3. The molecule has 0 fully saturated rings. The summed E-state index contributed by atoms with van der Waals surface area (Å²) in [5.41, 5.74) is 7.42. The number of rotatable bonds is 7. The van der Waals surface area contributed by atoms with Gasteiger partial charge in [0.2, 0.25) is 0 Å². The molecule has 6 nitrogen and oxygen atoms in total. The third-order valence-electron chi connectivity index (χ3n) is 9.11. The Morgan fingerprint density at radius 2 is 1.71 bits per heavy atom. The van der Waals surface area contributed by atoms with Gasteiger partial charge in [-0.2, -0.15) is 0 Å². The summed E-state index contributed by atoms with van der Waals surface area (Å²) >= 11 is 5.13. The van der Waals surface area contributed by atoms with Crippen molar-refractivity contribution in [1.29, 1.82) is 0 Å². The second kappa shape index (κ2) is 12.6. The van der Waals surface area contributed by atoms with Crippen molar-refractivity contribution >= 4 is 49.8 Å². The first-order chi connectivity index (χ1) is 23.5. The summed E-state index contributed by atoms with van der Waals surface area (Å²) < 4.78 is 20.8. The third kappa shape index (κ3) is 5.35. The van der Waals surface area contributed by atoms with Gasteiger partial charge in [0, 0.05) is 5.56 Å². The zero-order valence-corrected chi connectivity index (χ0v) is 28.8. The number of hydrogen-bond donors (Lipinski definition) is 0. The van der Waals surface area contributed by atoms with E-state index in [1.165, 1.54) is 22.3 Å². The standard InChI is InChI=1S/C40H31BrN2O4S/c1-45-29-17-14-27(15-18-29)37-32-19-16-26-9-4-6-13-31(26)36(32)42-40-43(37)39(44)35(48-40)22-24-20-33(41)38(34(21-24)46-2)47-23-28-11-7-10-25-8-3-5-12-30(25)28/h3-15,17-18,20-22,37H,16,19,23H2,1-2H3/b35-22-/t37-/m0/s1. The molecular formula is C40H31BrN2O4S. The highest BCUT2D eigenvalue weighted by molar-refractivity contribution is 9.10. The maximum absolute atomic E-state index is 14.3. The van der Waals surface area contributed by atoms with Crippen molar-refractivity contribution in [3.63, 3.8) is 0 Å². The van der Waals surface area contributed by atoms with Gasteiger partial charge in [-0.15, -0.1) is 0 Å². The average molecular weight is 716 g/mol. The molecule has 0 amide bonds. The first kappa shape index (κ1) is 30.4. The molecule has 6 aromatic rings.